The molecule has 0 aliphatic carbocycles. The van der Waals surface area contributed by atoms with Gasteiger partial charge in [-0.2, -0.15) is 13.2 Å². The maximum absolute atomic E-state index is 12.7. The molecular formula is C20H21F3N2O4S. The summed E-state index contributed by atoms with van der Waals surface area (Å²) in [6.45, 7) is 1.93. The maximum Gasteiger partial charge on any atom is 0.411 e. The standard InChI is InChI=1S/C20H21F3N2O4S/c1-19(2)16-9-15(7-8-17(16)25-18(19)26)30(27,28)24-10-13-3-5-14(6-4-13)11-29-12-20(21,22)23/h3-9,24H,10-12H2,1-2H3,(H,25,26). The minimum absolute atomic E-state index is 0.00365. The van der Waals surface area contributed by atoms with Crippen molar-refractivity contribution < 1.29 is 31.1 Å². The first-order valence-electron chi connectivity index (χ1n) is 9.06. The van der Waals surface area contributed by atoms with E-state index >= 15 is 0 Å². The Bertz CT molecular complexity index is 1050. The third-order valence-corrected chi connectivity index (χ3v) is 6.21. The fourth-order valence-electron chi connectivity index (χ4n) is 3.02. The number of hydrogen-bond donors (Lipinski definition) is 2. The van der Waals surface area contributed by atoms with Crippen LogP contribution in [0.1, 0.15) is 30.5 Å². The first-order chi connectivity index (χ1) is 13.9. The quantitative estimate of drug-likeness (QED) is 0.688. The molecule has 2 aromatic rings. The lowest BCUT2D eigenvalue weighted by Crippen LogP contribution is -2.27. The first-order valence-corrected chi connectivity index (χ1v) is 10.5. The zero-order valence-corrected chi connectivity index (χ0v) is 17.2. The fraction of sp³-hybridized carbons (Fsp3) is 0.350. The zero-order valence-electron chi connectivity index (χ0n) is 16.3. The number of fused-ring (bicyclic) bond motifs is 1. The van der Waals surface area contributed by atoms with Crippen LogP contribution in [0.25, 0.3) is 0 Å². The molecule has 0 unspecified atom stereocenters. The predicted molar refractivity (Wildman–Crippen MR) is 104 cm³/mol. The van der Waals surface area contributed by atoms with Gasteiger partial charge in [0.05, 0.1) is 16.9 Å². The second-order valence-electron chi connectivity index (χ2n) is 7.54. The van der Waals surface area contributed by atoms with Gasteiger partial charge in [-0.25, -0.2) is 13.1 Å². The molecule has 0 bridgehead atoms. The minimum atomic E-state index is -4.38. The summed E-state index contributed by atoms with van der Waals surface area (Å²) < 4.78 is 68.7. The Morgan fingerprint density at radius 1 is 1.07 bits per heavy atom. The van der Waals surface area contributed by atoms with Crippen molar-refractivity contribution in [2.75, 3.05) is 11.9 Å². The highest BCUT2D eigenvalue weighted by Crippen LogP contribution is 2.38. The number of ether oxygens (including phenoxy) is 1. The first kappa shape index (κ1) is 22.3. The van der Waals surface area contributed by atoms with Gasteiger partial charge in [-0.1, -0.05) is 24.3 Å². The molecule has 0 spiro atoms. The molecule has 1 amide bonds. The van der Waals surface area contributed by atoms with Crippen molar-refractivity contribution in [2.45, 2.75) is 43.5 Å². The Kier molecular flexibility index (Phi) is 5.94. The smallest absolute Gasteiger partial charge is 0.367 e. The summed E-state index contributed by atoms with van der Waals surface area (Å²) in [6, 6.07) is 10.9. The molecule has 3 rings (SSSR count). The van der Waals surface area contributed by atoms with Crippen molar-refractivity contribution in [2.24, 2.45) is 0 Å². The molecule has 1 aliphatic heterocycles. The molecule has 0 fully saturated rings. The van der Waals surface area contributed by atoms with E-state index < -0.39 is 28.2 Å². The van der Waals surface area contributed by atoms with Crippen LogP contribution in [-0.2, 0) is 38.1 Å². The third kappa shape index (κ3) is 5.00. The van der Waals surface area contributed by atoms with Crippen molar-refractivity contribution in [1.29, 1.82) is 0 Å². The van der Waals surface area contributed by atoms with E-state index in [2.05, 4.69) is 14.8 Å². The summed E-state index contributed by atoms with van der Waals surface area (Å²) in [7, 11) is -3.83. The van der Waals surface area contributed by atoms with Gasteiger partial charge in [0.2, 0.25) is 15.9 Å². The summed E-state index contributed by atoms with van der Waals surface area (Å²) in [5.41, 5.74) is 1.55. The fourth-order valence-corrected chi connectivity index (χ4v) is 4.06. The highest BCUT2D eigenvalue weighted by Gasteiger charge is 2.39. The van der Waals surface area contributed by atoms with E-state index in [4.69, 9.17) is 0 Å². The zero-order chi connectivity index (χ0) is 22.2. The van der Waals surface area contributed by atoms with E-state index in [0.717, 1.165) is 0 Å². The topological polar surface area (TPSA) is 84.5 Å². The van der Waals surface area contributed by atoms with Crippen molar-refractivity contribution in [1.82, 2.24) is 4.72 Å². The van der Waals surface area contributed by atoms with E-state index in [1.54, 1.807) is 44.2 Å². The molecule has 6 nitrogen and oxygen atoms in total. The van der Waals surface area contributed by atoms with Crippen LogP contribution in [0, 0.1) is 0 Å². The normalized spacial score (nSPS) is 15.7. The van der Waals surface area contributed by atoms with Crippen molar-refractivity contribution in [3.8, 4) is 0 Å². The molecule has 2 N–H and O–H groups in total. The van der Waals surface area contributed by atoms with Gasteiger partial charge >= 0.3 is 6.18 Å². The molecule has 2 aromatic carbocycles. The molecule has 10 heteroatoms. The van der Waals surface area contributed by atoms with E-state index in [0.29, 0.717) is 22.4 Å². The summed E-state index contributed by atoms with van der Waals surface area (Å²) in [4.78, 5) is 12.1. The number of rotatable bonds is 7. The Balaban J connectivity index is 1.63. The molecule has 0 saturated heterocycles. The predicted octanol–water partition coefficient (Wildman–Crippen LogP) is 3.47. The number of benzene rings is 2. The number of amides is 1. The summed E-state index contributed by atoms with van der Waals surface area (Å²) in [6.07, 6.45) is -4.38. The van der Waals surface area contributed by atoms with Crippen LogP contribution in [-0.4, -0.2) is 27.1 Å². The van der Waals surface area contributed by atoms with Crippen LogP contribution < -0.4 is 10.0 Å². The number of nitrogens with one attached hydrogen (secondary N) is 2. The number of halogens is 3. The van der Waals surface area contributed by atoms with Gasteiger partial charge in [-0.05, 0) is 48.7 Å². The number of alkyl halides is 3. The molecule has 162 valence electrons. The van der Waals surface area contributed by atoms with Crippen LogP contribution in [0.5, 0.6) is 0 Å². The Hall–Kier alpha value is -2.43. The molecule has 1 heterocycles. The molecular weight excluding hydrogens is 421 g/mol. The van der Waals surface area contributed by atoms with Crippen molar-refractivity contribution in [3.63, 3.8) is 0 Å². The minimum Gasteiger partial charge on any atom is -0.367 e. The largest absolute Gasteiger partial charge is 0.411 e. The second-order valence-corrected chi connectivity index (χ2v) is 9.30. The summed E-state index contributed by atoms with van der Waals surface area (Å²) in [5, 5.41) is 2.73. The van der Waals surface area contributed by atoms with Crippen LogP contribution in [0.15, 0.2) is 47.4 Å². The summed E-state index contributed by atoms with van der Waals surface area (Å²) in [5.74, 6) is -0.195. The van der Waals surface area contributed by atoms with Gasteiger partial charge in [0.25, 0.3) is 0 Å². The van der Waals surface area contributed by atoms with Gasteiger partial charge in [0, 0.05) is 12.2 Å². The van der Waals surface area contributed by atoms with Crippen LogP contribution in [0.3, 0.4) is 0 Å². The van der Waals surface area contributed by atoms with Crippen LogP contribution >= 0.6 is 0 Å². The van der Waals surface area contributed by atoms with E-state index in [1.807, 2.05) is 0 Å². The van der Waals surface area contributed by atoms with Gasteiger partial charge in [0.1, 0.15) is 6.61 Å². The third-order valence-electron chi connectivity index (χ3n) is 4.81. The highest BCUT2D eigenvalue weighted by atomic mass is 32.2. The maximum atomic E-state index is 12.7. The number of carbonyl (C=O) groups is 1. The molecule has 1 aliphatic rings. The van der Waals surface area contributed by atoms with Crippen molar-refractivity contribution >= 4 is 21.6 Å². The average Bonchev–Trinajstić information content (AvgIpc) is 2.89. The van der Waals surface area contributed by atoms with Crippen LogP contribution in [0.2, 0.25) is 0 Å². The number of hydrogen-bond acceptors (Lipinski definition) is 4. The SMILES string of the molecule is CC1(C)C(=O)Nc2ccc(S(=O)(=O)NCc3ccc(COCC(F)(F)F)cc3)cc21. The van der Waals surface area contributed by atoms with E-state index in [-0.39, 0.29) is 24.0 Å². The average molecular weight is 442 g/mol. The van der Waals surface area contributed by atoms with Gasteiger partial charge < -0.3 is 10.1 Å². The van der Waals surface area contributed by atoms with Gasteiger partial charge in [-0.15, -0.1) is 0 Å². The molecule has 30 heavy (non-hydrogen) atoms. The lowest BCUT2D eigenvalue weighted by Gasteiger charge is -2.16. The Labute approximate surface area is 172 Å². The monoisotopic (exact) mass is 442 g/mol. The van der Waals surface area contributed by atoms with E-state index in [1.165, 1.54) is 12.1 Å². The second kappa shape index (κ2) is 8.01. The Morgan fingerprint density at radius 3 is 2.33 bits per heavy atom. The number of anilines is 1. The summed E-state index contributed by atoms with van der Waals surface area (Å²) >= 11 is 0. The number of carbonyl (C=O) groups excluding carboxylic acids is 1. The lowest BCUT2D eigenvalue weighted by atomic mass is 9.86. The molecule has 0 atom stereocenters. The number of sulfonamides is 1. The van der Waals surface area contributed by atoms with Crippen LogP contribution in [0.4, 0.5) is 18.9 Å². The molecule has 0 saturated carbocycles. The molecule has 0 radical (unpaired) electrons. The van der Waals surface area contributed by atoms with E-state index in [9.17, 15) is 26.4 Å². The molecule has 0 aromatic heterocycles. The van der Waals surface area contributed by atoms with Gasteiger partial charge in [0.15, 0.2) is 0 Å². The Morgan fingerprint density at radius 2 is 1.70 bits per heavy atom. The van der Waals surface area contributed by atoms with Crippen molar-refractivity contribution in [3.05, 3.63) is 59.2 Å². The highest BCUT2D eigenvalue weighted by molar-refractivity contribution is 7.89. The lowest BCUT2D eigenvalue weighted by molar-refractivity contribution is -0.176. The van der Waals surface area contributed by atoms with Gasteiger partial charge in [-0.3, -0.25) is 4.79 Å².